The second-order valence-corrected chi connectivity index (χ2v) is 6.84. The molecular formula is C19H26O4. The number of hydrogen-bond acceptors (Lipinski definition) is 3. The molecule has 0 aromatic heterocycles. The van der Waals surface area contributed by atoms with E-state index in [0.717, 1.165) is 43.4 Å². The molecule has 23 heavy (non-hydrogen) atoms. The van der Waals surface area contributed by atoms with Crippen molar-refractivity contribution in [3.63, 3.8) is 0 Å². The van der Waals surface area contributed by atoms with Gasteiger partial charge in [0, 0.05) is 0 Å². The van der Waals surface area contributed by atoms with Gasteiger partial charge >= 0.3 is 5.97 Å². The minimum Gasteiger partial charge on any atom is -0.493 e. The number of methoxy groups -OCH3 is 1. The van der Waals surface area contributed by atoms with Gasteiger partial charge in [0.1, 0.15) is 0 Å². The van der Waals surface area contributed by atoms with E-state index in [1.54, 1.807) is 7.11 Å². The van der Waals surface area contributed by atoms with Crippen molar-refractivity contribution in [3.8, 4) is 11.5 Å². The maximum atomic E-state index is 12.0. The molecule has 0 aliphatic heterocycles. The summed E-state index contributed by atoms with van der Waals surface area (Å²) in [5, 5.41) is 9.83. The SMILES string of the molecule is COc1cc(C2(C(=O)O)CCCCC2)ccc1OC1CCCC1. The molecule has 0 spiro atoms. The van der Waals surface area contributed by atoms with Crippen LogP contribution in [0.4, 0.5) is 0 Å². The van der Waals surface area contributed by atoms with Gasteiger partial charge in [0.25, 0.3) is 0 Å². The van der Waals surface area contributed by atoms with E-state index in [1.165, 1.54) is 12.8 Å². The number of hydrogen-bond donors (Lipinski definition) is 1. The van der Waals surface area contributed by atoms with E-state index in [2.05, 4.69) is 0 Å². The largest absolute Gasteiger partial charge is 0.493 e. The minimum absolute atomic E-state index is 0.262. The van der Waals surface area contributed by atoms with Gasteiger partial charge in [0.15, 0.2) is 11.5 Å². The van der Waals surface area contributed by atoms with E-state index in [-0.39, 0.29) is 6.10 Å². The molecule has 0 bridgehead atoms. The molecule has 0 atom stereocenters. The van der Waals surface area contributed by atoms with Crippen molar-refractivity contribution in [1.29, 1.82) is 0 Å². The molecule has 2 aliphatic carbocycles. The highest BCUT2D eigenvalue weighted by Gasteiger charge is 2.41. The molecule has 0 saturated heterocycles. The lowest BCUT2D eigenvalue weighted by Gasteiger charge is -2.34. The third-order valence-corrected chi connectivity index (χ3v) is 5.43. The van der Waals surface area contributed by atoms with Crippen molar-refractivity contribution in [2.45, 2.75) is 69.3 Å². The molecule has 4 heteroatoms. The van der Waals surface area contributed by atoms with Crippen LogP contribution in [-0.2, 0) is 10.2 Å². The highest BCUT2D eigenvalue weighted by Crippen LogP contribution is 2.43. The Morgan fingerprint density at radius 2 is 1.78 bits per heavy atom. The molecule has 0 unspecified atom stereocenters. The number of ether oxygens (including phenoxy) is 2. The number of carboxylic acids is 1. The first kappa shape index (κ1) is 16.2. The first-order valence-corrected chi connectivity index (χ1v) is 8.74. The Hall–Kier alpha value is -1.71. The van der Waals surface area contributed by atoms with Crippen molar-refractivity contribution in [1.82, 2.24) is 0 Å². The Bertz CT molecular complexity index is 554. The molecule has 0 radical (unpaired) electrons. The number of benzene rings is 1. The van der Waals surface area contributed by atoms with Gasteiger partial charge < -0.3 is 14.6 Å². The van der Waals surface area contributed by atoms with E-state index in [0.29, 0.717) is 18.6 Å². The molecule has 0 heterocycles. The van der Waals surface area contributed by atoms with Crippen LogP contribution in [0.2, 0.25) is 0 Å². The Morgan fingerprint density at radius 3 is 2.39 bits per heavy atom. The van der Waals surface area contributed by atoms with Crippen LogP contribution in [0.3, 0.4) is 0 Å². The Labute approximate surface area is 137 Å². The maximum absolute atomic E-state index is 12.0. The summed E-state index contributed by atoms with van der Waals surface area (Å²) in [7, 11) is 1.62. The Balaban J connectivity index is 1.89. The van der Waals surface area contributed by atoms with Gasteiger partial charge in [-0.1, -0.05) is 25.3 Å². The van der Waals surface area contributed by atoms with E-state index < -0.39 is 11.4 Å². The first-order chi connectivity index (χ1) is 11.2. The van der Waals surface area contributed by atoms with Gasteiger partial charge in [-0.3, -0.25) is 4.79 Å². The molecule has 0 amide bonds. The predicted octanol–water partition coefficient (Wildman–Crippen LogP) is 4.30. The van der Waals surface area contributed by atoms with Crippen LogP contribution in [0.5, 0.6) is 11.5 Å². The summed E-state index contributed by atoms with van der Waals surface area (Å²) in [6.07, 6.45) is 9.33. The van der Waals surface area contributed by atoms with Crippen molar-refractivity contribution >= 4 is 5.97 Å². The lowest BCUT2D eigenvalue weighted by atomic mass is 9.69. The van der Waals surface area contributed by atoms with Crippen molar-refractivity contribution in [2.24, 2.45) is 0 Å². The van der Waals surface area contributed by atoms with Crippen LogP contribution in [0.15, 0.2) is 18.2 Å². The van der Waals surface area contributed by atoms with E-state index in [9.17, 15) is 9.90 Å². The zero-order chi connectivity index (χ0) is 16.3. The number of aliphatic carboxylic acids is 1. The molecule has 1 N–H and O–H groups in total. The zero-order valence-electron chi connectivity index (χ0n) is 13.8. The molecule has 3 rings (SSSR count). The summed E-state index contributed by atoms with van der Waals surface area (Å²) in [6, 6.07) is 5.70. The van der Waals surface area contributed by atoms with Gasteiger partial charge in [-0.05, 0) is 56.2 Å². The standard InChI is InChI=1S/C19H26O4/c1-22-17-13-14(19(18(20)21)11-5-2-6-12-19)9-10-16(17)23-15-7-3-4-8-15/h9-10,13,15H,2-8,11-12H2,1H3,(H,20,21). The average molecular weight is 318 g/mol. The van der Waals surface area contributed by atoms with Gasteiger partial charge in [0.05, 0.1) is 18.6 Å². The average Bonchev–Trinajstić information content (AvgIpc) is 3.08. The monoisotopic (exact) mass is 318 g/mol. The Morgan fingerprint density at radius 1 is 1.09 bits per heavy atom. The normalized spacial score (nSPS) is 21.1. The molecule has 126 valence electrons. The summed E-state index contributed by atoms with van der Waals surface area (Å²) >= 11 is 0. The molecular weight excluding hydrogens is 292 g/mol. The molecule has 2 saturated carbocycles. The summed E-state index contributed by atoms with van der Waals surface area (Å²) < 4.78 is 11.6. The zero-order valence-corrected chi connectivity index (χ0v) is 13.8. The van der Waals surface area contributed by atoms with Crippen LogP contribution in [-0.4, -0.2) is 24.3 Å². The van der Waals surface area contributed by atoms with Crippen molar-refractivity contribution in [3.05, 3.63) is 23.8 Å². The topological polar surface area (TPSA) is 55.8 Å². The van der Waals surface area contributed by atoms with Crippen LogP contribution < -0.4 is 9.47 Å². The van der Waals surface area contributed by atoms with Crippen LogP contribution in [0, 0.1) is 0 Å². The van der Waals surface area contributed by atoms with Gasteiger partial charge in [-0.25, -0.2) is 0 Å². The summed E-state index contributed by atoms with van der Waals surface area (Å²) in [4.78, 5) is 12.0. The smallest absolute Gasteiger partial charge is 0.314 e. The van der Waals surface area contributed by atoms with Crippen molar-refractivity contribution < 1.29 is 19.4 Å². The van der Waals surface area contributed by atoms with Gasteiger partial charge in [-0.2, -0.15) is 0 Å². The fourth-order valence-corrected chi connectivity index (χ4v) is 4.03. The molecule has 1 aromatic rings. The lowest BCUT2D eigenvalue weighted by Crippen LogP contribution is -2.37. The number of carbonyl (C=O) groups is 1. The third-order valence-electron chi connectivity index (χ3n) is 5.43. The fraction of sp³-hybridized carbons (Fsp3) is 0.632. The summed E-state index contributed by atoms with van der Waals surface area (Å²) in [6.45, 7) is 0. The van der Waals surface area contributed by atoms with Crippen LogP contribution >= 0.6 is 0 Å². The second kappa shape index (κ2) is 6.81. The van der Waals surface area contributed by atoms with E-state index in [4.69, 9.17) is 9.47 Å². The second-order valence-electron chi connectivity index (χ2n) is 6.84. The lowest BCUT2D eigenvalue weighted by molar-refractivity contribution is -0.145. The highest BCUT2D eigenvalue weighted by molar-refractivity contribution is 5.82. The first-order valence-electron chi connectivity index (χ1n) is 8.74. The quantitative estimate of drug-likeness (QED) is 0.879. The van der Waals surface area contributed by atoms with Crippen molar-refractivity contribution in [2.75, 3.05) is 7.11 Å². The fourth-order valence-electron chi connectivity index (χ4n) is 4.03. The van der Waals surface area contributed by atoms with Gasteiger partial charge in [0.2, 0.25) is 0 Å². The maximum Gasteiger partial charge on any atom is 0.314 e. The number of carboxylic acid groups (broad SMARTS) is 1. The summed E-state index contributed by atoms with van der Waals surface area (Å²) in [5.41, 5.74) is 0.0811. The molecule has 2 aliphatic rings. The third kappa shape index (κ3) is 3.17. The Kier molecular flexibility index (Phi) is 4.79. The molecule has 2 fully saturated rings. The molecule has 4 nitrogen and oxygen atoms in total. The van der Waals surface area contributed by atoms with Crippen LogP contribution in [0.25, 0.3) is 0 Å². The van der Waals surface area contributed by atoms with E-state index >= 15 is 0 Å². The number of rotatable bonds is 5. The van der Waals surface area contributed by atoms with Gasteiger partial charge in [-0.15, -0.1) is 0 Å². The highest BCUT2D eigenvalue weighted by atomic mass is 16.5. The predicted molar refractivity (Wildman–Crippen MR) is 88.3 cm³/mol. The minimum atomic E-state index is -0.766. The van der Waals surface area contributed by atoms with E-state index in [1.807, 2.05) is 18.2 Å². The summed E-state index contributed by atoms with van der Waals surface area (Å²) in [5.74, 6) is 0.670. The van der Waals surface area contributed by atoms with Crippen LogP contribution in [0.1, 0.15) is 63.4 Å². The molecule has 1 aromatic carbocycles.